The van der Waals surface area contributed by atoms with Crippen molar-refractivity contribution >= 4 is 33.2 Å². The van der Waals surface area contributed by atoms with Crippen LogP contribution >= 0.6 is 15.9 Å². The molecular formula is C13H12BrN3O2. The summed E-state index contributed by atoms with van der Waals surface area (Å²) in [5, 5.41) is 2.70. The maximum atomic E-state index is 12.0. The standard InChI is InChI=1S/C13H12BrN3O2/c1-19-9-3-5-11(10(15)6-9)17-13(18)12-4-2-8(14)7-16-12/h2-7H,15H2,1H3,(H,17,18). The largest absolute Gasteiger partial charge is 0.497 e. The second kappa shape index (κ2) is 5.71. The van der Waals surface area contributed by atoms with E-state index in [1.165, 1.54) is 0 Å². The molecule has 1 aromatic heterocycles. The lowest BCUT2D eigenvalue weighted by molar-refractivity contribution is 0.102. The molecule has 0 aliphatic rings. The zero-order valence-corrected chi connectivity index (χ0v) is 11.8. The molecule has 0 atom stereocenters. The first kappa shape index (κ1) is 13.4. The van der Waals surface area contributed by atoms with Crippen molar-refractivity contribution in [3.8, 4) is 5.75 Å². The Morgan fingerprint density at radius 3 is 2.74 bits per heavy atom. The van der Waals surface area contributed by atoms with Crippen LogP contribution in [0.25, 0.3) is 0 Å². The highest BCUT2D eigenvalue weighted by Crippen LogP contribution is 2.24. The second-order valence-electron chi connectivity index (χ2n) is 3.77. The molecule has 5 nitrogen and oxygen atoms in total. The minimum absolute atomic E-state index is 0.315. The number of amides is 1. The Balaban J connectivity index is 2.17. The van der Waals surface area contributed by atoms with Crippen LogP contribution in [0, 0.1) is 0 Å². The zero-order chi connectivity index (χ0) is 13.8. The molecular weight excluding hydrogens is 310 g/mol. The Hall–Kier alpha value is -2.08. The van der Waals surface area contributed by atoms with Crippen molar-refractivity contribution < 1.29 is 9.53 Å². The first-order chi connectivity index (χ1) is 9.10. The zero-order valence-electron chi connectivity index (χ0n) is 10.2. The minimum atomic E-state index is -0.315. The third-order valence-electron chi connectivity index (χ3n) is 2.47. The van der Waals surface area contributed by atoms with E-state index >= 15 is 0 Å². The molecule has 0 unspecified atom stereocenters. The van der Waals surface area contributed by atoms with E-state index < -0.39 is 0 Å². The fourth-order valence-electron chi connectivity index (χ4n) is 1.48. The molecule has 1 amide bonds. The SMILES string of the molecule is COc1ccc(NC(=O)c2ccc(Br)cn2)c(N)c1. The minimum Gasteiger partial charge on any atom is -0.497 e. The fraction of sp³-hybridized carbons (Fsp3) is 0.0769. The molecule has 0 saturated carbocycles. The van der Waals surface area contributed by atoms with E-state index in [9.17, 15) is 4.79 Å². The number of benzene rings is 1. The number of nitrogens with one attached hydrogen (secondary N) is 1. The molecule has 1 heterocycles. The molecule has 0 bridgehead atoms. The molecule has 0 saturated heterocycles. The van der Waals surface area contributed by atoms with Crippen LogP contribution in [-0.4, -0.2) is 18.0 Å². The lowest BCUT2D eigenvalue weighted by Gasteiger charge is -2.09. The van der Waals surface area contributed by atoms with E-state index in [0.717, 1.165) is 4.47 Å². The number of anilines is 2. The summed E-state index contributed by atoms with van der Waals surface area (Å²) in [6.07, 6.45) is 1.56. The van der Waals surface area contributed by atoms with Crippen LogP contribution < -0.4 is 15.8 Å². The summed E-state index contributed by atoms with van der Waals surface area (Å²) >= 11 is 3.26. The Bertz CT molecular complexity index is 599. The topological polar surface area (TPSA) is 77.2 Å². The van der Waals surface area contributed by atoms with Gasteiger partial charge < -0.3 is 15.8 Å². The molecule has 98 valence electrons. The fourth-order valence-corrected chi connectivity index (χ4v) is 1.71. The Morgan fingerprint density at radius 2 is 2.16 bits per heavy atom. The molecule has 0 fully saturated rings. The third kappa shape index (κ3) is 3.23. The molecule has 0 spiro atoms. The van der Waals surface area contributed by atoms with E-state index in [2.05, 4.69) is 26.2 Å². The normalized spacial score (nSPS) is 10.0. The second-order valence-corrected chi connectivity index (χ2v) is 4.68. The summed E-state index contributed by atoms with van der Waals surface area (Å²) in [5.74, 6) is 0.321. The monoisotopic (exact) mass is 321 g/mol. The average molecular weight is 322 g/mol. The molecule has 19 heavy (non-hydrogen) atoms. The number of ether oxygens (including phenoxy) is 1. The van der Waals surface area contributed by atoms with Gasteiger partial charge in [-0.25, -0.2) is 4.98 Å². The van der Waals surface area contributed by atoms with Gasteiger partial charge in [-0.15, -0.1) is 0 Å². The highest BCUT2D eigenvalue weighted by atomic mass is 79.9. The van der Waals surface area contributed by atoms with Crippen molar-refractivity contribution in [1.29, 1.82) is 0 Å². The van der Waals surface area contributed by atoms with Gasteiger partial charge in [0.15, 0.2) is 0 Å². The smallest absolute Gasteiger partial charge is 0.274 e. The highest BCUT2D eigenvalue weighted by molar-refractivity contribution is 9.10. The maximum Gasteiger partial charge on any atom is 0.274 e. The molecule has 2 rings (SSSR count). The first-order valence-corrected chi connectivity index (χ1v) is 6.26. The van der Waals surface area contributed by atoms with Crippen LogP contribution in [0.15, 0.2) is 41.0 Å². The summed E-state index contributed by atoms with van der Waals surface area (Å²) in [4.78, 5) is 16.0. The molecule has 0 aliphatic heterocycles. The lowest BCUT2D eigenvalue weighted by atomic mass is 10.2. The van der Waals surface area contributed by atoms with E-state index in [0.29, 0.717) is 22.8 Å². The van der Waals surface area contributed by atoms with Crippen LogP contribution in [0.5, 0.6) is 5.75 Å². The van der Waals surface area contributed by atoms with Crippen LogP contribution in [0.1, 0.15) is 10.5 Å². The number of nitrogens with two attached hydrogens (primary N) is 1. The van der Waals surface area contributed by atoms with Crippen molar-refractivity contribution in [2.45, 2.75) is 0 Å². The van der Waals surface area contributed by atoms with Crippen molar-refractivity contribution in [3.05, 3.63) is 46.7 Å². The van der Waals surface area contributed by atoms with Crippen LogP contribution in [-0.2, 0) is 0 Å². The van der Waals surface area contributed by atoms with Crippen LogP contribution in [0.2, 0.25) is 0 Å². The number of carbonyl (C=O) groups excluding carboxylic acids is 1. The average Bonchev–Trinajstić information content (AvgIpc) is 2.41. The molecule has 0 radical (unpaired) electrons. The molecule has 2 aromatic rings. The number of hydrogen-bond donors (Lipinski definition) is 2. The number of pyridine rings is 1. The van der Waals surface area contributed by atoms with Crippen molar-refractivity contribution in [1.82, 2.24) is 4.98 Å². The van der Waals surface area contributed by atoms with Crippen LogP contribution in [0.4, 0.5) is 11.4 Å². The van der Waals surface area contributed by atoms with Gasteiger partial charge in [-0.2, -0.15) is 0 Å². The van der Waals surface area contributed by atoms with Gasteiger partial charge in [-0.05, 0) is 40.2 Å². The number of nitrogens with zero attached hydrogens (tertiary/aromatic N) is 1. The first-order valence-electron chi connectivity index (χ1n) is 5.46. The van der Waals surface area contributed by atoms with Gasteiger partial charge in [0, 0.05) is 16.7 Å². The Kier molecular flexibility index (Phi) is 4.01. The number of methoxy groups -OCH3 is 1. The van der Waals surface area contributed by atoms with E-state index in [1.807, 2.05) is 0 Å². The van der Waals surface area contributed by atoms with Crippen LogP contribution in [0.3, 0.4) is 0 Å². The Morgan fingerprint density at radius 1 is 1.37 bits per heavy atom. The highest BCUT2D eigenvalue weighted by Gasteiger charge is 2.09. The van der Waals surface area contributed by atoms with Crippen molar-refractivity contribution in [3.63, 3.8) is 0 Å². The molecule has 1 aromatic carbocycles. The van der Waals surface area contributed by atoms with E-state index in [4.69, 9.17) is 10.5 Å². The van der Waals surface area contributed by atoms with Gasteiger partial charge >= 0.3 is 0 Å². The number of rotatable bonds is 3. The van der Waals surface area contributed by atoms with Gasteiger partial charge in [-0.3, -0.25) is 4.79 Å². The number of halogens is 1. The summed E-state index contributed by atoms with van der Waals surface area (Å²) in [6, 6.07) is 8.43. The predicted octanol–water partition coefficient (Wildman–Crippen LogP) is 2.69. The van der Waals surface area contributed by atoms with Gasteiger partial charge in [0.25, 0.3) is 5.91 Å². The van der Waals surface area contributed by atoms with Crippen molar-refractivity contribution in [2.24, 2.45) is 0 Å². The van der Waals surface area contributed by atoms with Gasteiger partial charge in [0.05, 0.1) is 18.5 Å². The predicted molar refractivity (Wildman–Crippen MR) is 77.3 cm³/mol. The number of aromatic nitrogens is 1. The van der Waals surface area contributed by atoms with Gasteiger partial charge in [-0.1, -0.05) is 0 Å². The van der Waals surface area contributed by atoms with E-state index in [-0.39, 0.29) is 5.91 Å². The molecule has 6 heteroatoms. The van der Waals surface area contributed by atoms with Gasteiger partial charge in [0.1, 0.15) is 11.4 Å². The Labute approximate surface area is 118 Å². The third-order valence-corrected chi connectivity index (χ3v) is 2.94. The lowest BCUT2D eigenvalue weighted by Crippen LogP contribution is -2.14. The molecule has 0 aliphatic carbocycles. The summed E-state index contributed by atoms with van der Waals surface area (Å²) in [5.41, 5.74) is 7.10. The number of nitrogen functional groups attached to an aromatic ring is 1. The summed E-state index contributed by atoms with van der Waals surface area (Å²) in [7, 11) is 1.55. The summed E-state index contributed by atoms with van der Waals surface area (Å²) in [6.45, 7) is 0. The number of hydrogen-bond acceptors (Lipinski definition) is 4. The quantitative estimate of drug-likeness (QED) is 0.852. The number of carbonyl (C=O) groups is 1. The summed E-state index contributed by atoms with van der Waals surface area (Å²) < 4.78 is 5.86. The molecule has 3 N–H and O–H groups in total. The maximum absolute atomic E-state index is 12.0. The van der Waals surface area contributed by atoms with E-state index in [1.54, 1.807) is 43.6 Å². The van der Waals surface area contributed by atoms with Gasteiger partial charge in [0.2, 0.25) is 0 Å². The van der Waals surface area contributed by atoms with Crippen molar-refractivity contribution in [2.75, 3.05) is 18.2 Å².